The monoisotopic (exact) mass is 370 g/mol. The highest BCUT2D eigenvalue weighted by molar-refractivity contribution is 7.11. The number of aryl methyl sites for hydroxylation is 2. The fourth-order valence-electron chi connectivity index (χ4n) is 3.92. The lowest BCUT2D eigenvalue weighted by atomic mass is 9.91. The Bertz CT molecular complexity index is 526. The van der Waals surface area contributed by atoms with E-state index in [9.17, 15) is 4.79 Å². The Morgan fingerprint density at radius 3 is 2.96 bits per heavy atom. The van der Waals surface area contributed by atoms with Crippen LogP contribution in [0.25, 0.3) is 0 Å². The van der Waals surface area contributed by atoms with Crippen molar-refractivity contribution in [2.45, 2.75) is 69.6 Å². The van der Waals surface area contributed by atoms with Crippen LogP contribution in [-0.4, -0.2) is 30.7 Å². The number of ether oxygens (including phenoxy) is 2. The van der Waals surface area contributed by atoms with E-state index in [1.54, 1.807) is 0 Å². The average Bonchev–Trinajstić information content (AvgIpc) is 3.12. The van der Waals surface area contributed by atoms with Crippen molar-refractivity contribution in [1.82, 2.24) is 0 Å². The maximum absolute atomic E-state index is 11.7. The van der Waals surface area contributed by atoms with E-state index in [2.05, 4.69) is 19.1 Å². The molecule has 24 heavy (non-hydrogen) atoms. The summed E-state index contributed by atoms with van der Waals surface area (Å²) in [5, 5.41) is 0.0267. The van der Waals surface area contributed by atoms with Crippen LogP contribution >= 0.6 is 22.9 Å². The molecule has 134 valence electrons. The largest absolute Gasteiger partial charge is 0.353 e. The molecule has 3 nitrogen and oxygen atoms in total. The van der Waals surface area contributed by atoms with Crippen LogP contribution in [0.15, 0.2) is 12.1 Å². The quantitative estimate of drug-likeness (QED) is 0.514. The van der Waals surface area contributed by atoms with E-state index in [1.165, 1.54) is 9.75 Å². The fourth-order valence-corrected chi connectivity index (χ4v) is 5.33. The lowest BCUT2D eigenvalue weighted by Crippen LogP contribution is -2.32. The third-order valence-corrected chi connectivity index (χ3v) is 6.79. The molecular weight excluding hydrogens is 344 g/mol. The molecule has 1 aliphatic heterocycles. The molecule has 2 fully saturated rings. The maximum Gasteiger partial charge on any atom is 0.157 e. The predicted octanol–water partition coefficient (Wildman–Crippen LogP) is 4.73. The summed E-state index contributed by atoms with van der Waals surface area (Å²) in [4.78, 5) is 14.4. The summed E-state index contributed by atoms with van der Waals surface area (Å²) >= 11 is 8.43. The molecule has 0 radical (unpaired) electrons. The number of hydrogen-bond donors (Lipinski definition) is 0. The summed E-state index contributed by atoms with van der Waals surface area (Å²) in [7, 11) is 0. The summed E-state index contributed by atoms with van der Waals surface area (Å²) in [6.07, 6.45) is 7.89. The number of carbonyl (C=O) groups is 1. The maximum atomic E-state index is 11.7. The lowest BCUT2D eigenvalue weighted by Gasteiger charge is -2.28. The van der Waals surface area contributed by atoms with E-state index < -0.39 is 0 Å². The molecule has 1 unspecified atom stereocenters. The van der Waals surface area contributed by atoms with Gasteiger partial charge in [-0.15, -0.1) is 22.9 Å². The van der Waals surface area contributed by atoms with Crippen molar-refractivity contribution >= 4 is 29.2 Å². The lowest BCUT2D eigenvalue weighted by molar-refractivity contribution is -0.194. The number of rotatable bonds is 7. The van der Waals surface area contributed by atoms with Gasteiger partial charge < -0.3 is 14.3 Å². The zero-order chi connectivity index (χ0) is 16.9. The van der Waals surface area contributed by atoms with E-state index in [4.69, 9.17) is 21.1 Å². The molecule has 1 aromatic rings. The first-order valence-corrected chi connectivity index (χ1v) is 10.3. The molecule has 0 spiro atoms. The Balaban J connectivity index is 1.51. The minimum absolute atomic E-state index is 0.0267. The van der Waals surface area contributed by atoms with Gasteiger partial charge in [0.1, 0.15) is 6.29 Å². The second kappa shape index (κ2) is 8.79. The Kier molecular flexibility index (Phi) is 6.73. The third-order valence-electron chi connectivity index (χ3n) is 5.22. The number of carbonyl (C=O) groups excluding carboxylic acids is 1. The molecule has 0 N–H and O–H groups in total. The summed E-state index contributed by atoms with van der Waals surface area (Å²) in [6, 6.07) is 4.37. The molecule has 0 bridgehead atoms. The van der Waals surface area contributed by atoms with Crippen molar-refractivity contribution in [2.75, 3.05) is 6.61 Å². The molecule has 3 rings (SSSR count). The number of halogens is 1. The SMILES string of the molecule is Cc1ccc(CCC[C@@H]2[C@@H](C=O)[C@H](OC3CCCCO3)C[C@H]2Cl)s1. The summed E-state index contributed by atoms with van der Waals surface area (Å²) < 4.78 is 11.8. The van der Waals surface area contributed by atoms with Gasteiger partial charge in [-0.1, -0.05) is 0 Å². The molecule has 1 aliphatic carbocycles. The number of alkyl halides is 1. The highest BCUT2D eigenvalue weighted by atomic mass is 35.5. The Morgan fingerprint density at radius 1 is 1.42 bits per heavy atom. The minimum atomic E-state index is -0.150. The summed E-state index contributed by atoms with van der Waals surface area (Å²) in [5.74, 6) is 0.127. The molecule has 2 heterocycles. The van der Waals surface area contributed by atoms with Gasteiger partial charge in [-0.2, -0.15) is 0 Å². The minimum Gasteiger partial charge on any atom is -0.353 e. The summed E-state index contributed by atoms with van der Waals surface area (Å²) in [6.45, 7) is 2.90. The normalized spacial score (nSPS) is 33.7. The highest BCUT2D eigenvalue weighted by Gasteiger charge is 2.43. The van der Waals surface area contributed by atoms with Gasteiger partial charge in [0, 0.05) is 27.7 Å². The van der Waals surface area contributed by atoms with E-state index in [-0.39, 0.29) is 29.6 Å². The molecule has 0 aromatic carbocycles. The highest BCUT2D eigenvalue weighted by Crippen LogP contribution is 2.40. The first-order chi connectivity index (χ1) is 11.7. The van der Waals surface area contributed by atoms with Gasteiger partial charge in [-0.25, -0.2) is 0 Å². The smallest absolute Gasteiger partial charge is 0.157 e. The second-order valence-electron chi connectivity index (χ2n) is 7.00. The van der Waals surface area contributed by atoms with E-state index in [0.717, 1.165) is 57.8 Å². The van der Waals surface area contributed by atoms with E-state index in [1.807, 2.05) is 11.3 Å². The van der Waals surface area contributed by atoms with Crippen LogP contribution in [0.2, 0.25) is 0 Å². The predicted molar refractivity (Wildman–Crippen MR) is 97.8 cm³/mol. The molecule has 5 atom stereocenters. The molecule has 0 amide bonds. The Labute approximate surface area is 153 Å². The van der Waals surface area contributed by atoms with Crippen molar-refractivity contribution in [3.05, 3.63) is 21.9 Å². The van der Waals surface area contributed by atoms with Gasteiger partial charge in [-0.05, 0) is 69.9 Å². The Hall–Kier alpha value is -0.420. The topological polar surface area (TPSA) is 35.5 Å². The zero-order valence-electron chi connectivity index (χ0n) is 14.3. The van der Waals surface area contributed by atoms with Crippen LogP contribution in [-0.2, 0) is 20.7 Å². The van der Waals surface area contributed by atoms with Crippen LogP contribution in [0, 0.1) is 18.8 Å². The van der Waals surface area contributed by atoms with Crippen LogP contribution in [0.5, 0.6) is 0 Å². The van der Waals surface area contributed by atoms with Crippen LogP contribution in [0.4, 0.5) is 0 Å². The molecular formula is C19H27ClO3S. The van der Waals surface area contributed by atoms with Gasteiger partial charge in [0.25, 0.3) is 0 Å². The van der Waals surface area contributed by atoms with Crippen molar-refractivity contribution in [3.8, 4) is 0 Å². The van der Waals surface area contributed by atoms with Crippen molar-refractivity contribution < 1.29 is 14.3 Å². The van der Waals surface area contributed by atoms with Crippen molar-refractivity contribution in [3.63, 3.8) is 0 Å². The zero-order valence-corrected chi connectivity index (χ0v) is 15.9. The first kappa shape index (κ1) is 18.4. The molecule has 5 heteroatoms. The molecule has 2 aliphatic rings. The van der Waals surface area contributed by atoms with E-state index in [0.29, 0.717) is 0 Å². The fraction of sp³-hybridized carbons (Fsp3) is 0.737. The first-order valence-electron chi connectivity index (χ1n) is 9.09. The molecule has 1 saturated carbocycles. The average molecular weight is 371 g/mol. The Morgan fingerprint density at radius 2 is 2.29 bits per heavy atom. The van der Waals surface area contributed by atoms with Crippen LogP contribution in [0.1, 0.15) is 48.3 Å². The van der Waals surface area contributed by atoms with Crippen molar-refractivity contribution in [2.24, 2.45) is 11.8 Å². The summed E-state index contributed by atoms with van der Waals surface area (Å²) in [5.41, 5.74) is 0. The number of aldehydes is 1. The molecule has 1 aromatic heterocycles. The van der Waals surface area contributed by atoms with Gasteiger partial charge >= 0.3 is 0 Å². The van der Waals surface area contributed by atoms with Gasteiger partial charge in [-0.3, -0.25) is 0 Å². The van der Waals surface area contributed by atoms with Crippen LogP contribution < -0.4 is 0 Å². The molecule has 1 saturated heterocycles. The number of thiophene rings is 1. The van der Waals surface area contributed by atoms with Gasteiger partial charge in [0.2, 0.25) is 0 Å². The standard InChI is InChI=1S/C19H27ClO3S/c1-13-8-9-14(24-13)5-4-6-15-16(12-21)18(11-17(15)20)23-19-7-2-3-10-22-19/h8-9,12,15-19H,2-7,10-11H2,1H3/t15-,16-,17-,18-,19?/m1/s1. The van der Waals surface area contributed by atoms with Gasteiger partial charge in [0.15, 0.2) is 6.29 Å². The van der Waals surface area contributed by atoms with E-state index >= 15 is 0 Å². The van der Waals surface area contributed by atoms with Crippen molar-refractivity contribution in [1.29, 1.82) is 0 Å². The number of hydrogen-bond acceptors (Lipinski definition) is 4. The second-order valence-corrected chi connectivity index (χ2v) is 8.94. The van der Waals surface area contributed by atoms with Crippen LogP contribution in [0.3, 0.4) is 0 Å². The van der Waals surface area contributed by atoms with Gasteiger partial charge in [0.05, 0.1) is 6.10 Å². The third kappa shape index (κ3) is 4.60.